The molecule has 20 heavy (non-hydrogen) atoms. The molecule has 1 aromatic rings. The molecule has 0 aromatic heterocycles. The molecule has 0 radical (unpaired) electrons. The van der Waals surface area contributed by atoms with Gasteiger partial charge in [-0.1, -0.05) is 31.0 Å². The Morgan fingerprint density at radius 1 is 1.10 bits per heavy atom. The van der Waals surface area contributed by atoms with Crippen LogP contribution in [0, 0.1) is 0 Å². The van der Waals surface area contributed by atoms with Crippen LogP contribution in [0.1, 0.15) is 68.2 Å². The van der Waals surface area contributed by atoms with E-state index in [1.54, 1.807) is 11.1 Å². The zero-order chi connectivity index (χ0) is 14.0. The van der Waals surface area contributed by atoms with Crippen LogP contribution in [0.25, 0.3) is 0 Å². The summed E-state index contributed by atoms with van der Waals surface area (Å²) in [5.74, 6) is 0. The Labute approximate surface area is 122 Å². The molecular formula is C18H27NO. The number of hydrogen-bond donors (Lipinski definition) is 2. The average Bonchev–Trinajstić information content (AvgIpc) is 2.91. The summed E-state index contributed by atoms with van der Waals surface area (Å²) in [6.45, 7) is 2.94. The molecule has 2 heteroatoms. The fourth-order valence-corrected chi connectivity index (χ4v) is 3.69. The first kappa shape index (κ1) is 14.1. The molecule has 0 saturated heterocycles. The number of aliphatic hydroxyl groups is 1. The second-order valence-corrected chi connectivity index (χ2v) is 6.77. The van der Waals surface area contributed by atoms with Gasteiger partial charge >= 0.3 is 0 Å². The molecule has 1 fully saturated rings. The van der Waals surface area contributed by atoms with Crippen LogP contribution in [-0.2, 0) is 12.8 Å². The van der Waals surface area contributed by atoms with Crippen LogP contribution >= 0.6 is 0 Å². The number of fused-ring (bicyclic) bond motifs is 1. The van der Waals surface area contributed by atoms with E-state index in [1.165, 1.54) is 44.1 Å². The van der Waals surface area contributed by atoms with Crippen molar-refractivity contribution in [1.29, 1.82) is 0 Å². The number of nitrogens with one attached hydrogen (secondary N) is 1. The summed E-state index contributed by atoms with van der Waals surface area (Å²) in [5.41, 5.74) is 4.00. The molecule has 0 aliphatic heterocycles. The first-order valence-electron chi connectivity index (χ1n) is 8.24. The Bertz CT molecular complexity index is 462. The highest BCUT2D eigenvalue weighted by atomic mass is 16.3. The van der Waals surface area contributed by atoms with Crippen molar-refractivity contribution in [3.8, 4) is 0 Å². The first-order valence-corrected chi connectivity index (χ1v) is 8.24. The summed E-state index contributed by atoms with van der Waals surface area (Å²) in [6.07, 6.45) is 9.41. The van der Waals surface area contributed by atoms with E-state index >= 15 is 0 Å². The monoisotopic (exact) mass is 273 g/mol. The van der Waals surface area contributed by atoms with Crippen LogP contribution in [0.3, 0.4) is 0 Å². The van der Waals surface area contributed by atoms with E-state index in [2.05, 4.69) is 30.4 Å². The Balaban J connectivity index is 1.63. The molecule has 110 valence electrons. The van der Waals surface area contributed by atoms with Crippen molar-refractivity contribution in [3.63, 3.8) is 0 Å². The molecule has 1 saturated carbocycles. The minimum absolute atomic E-state index is 0.326. The molecule has 2 N–H and O–H groups in total. The van der Waals surface area contributed by atoms with E-state index < -0.39 is 5.60 Å². The number of aryl methyl sites for hydroxylation is 2. The second kappa shape index (κ2) is 5.87. The average molecular weight is 273 g/mol. The topological polar surface area (TPSA) is 32.3 Å². The van der Waals surface area contributed by atoms with E-state index in [4.69, 9.17) is 0 Å². The summed E-state index contributed by atoms with van der Waals surface area (Å²) >= 11 is 0. The van der Waals surface area contributed by atoms with Crippen molar-refractivity contribution in [2.24, 2.45) is 0 Å². The molecule has 1 atom stereocenters. The number of hydrogen-bond acceptors (Lipinski definition) is 2. The number of benzene rings is 1. The van der Waals surface area contributed by atoms with Crippen LogP contribution in [0.4, 0.5) is 0 Å². The molecule has 0 spiro atoms. The van der Waals surface area contributed by atoms with Crippen molar-refractivity contribution >= 4 is 0 Å². The van der Waals surface area contributed by atoms with Crippen molar-refractivity contribution < 1.29 is 5.11 Å². The van der Waals surface area contributed by atoms with Gasteiger partial charge in [0.1, 0.15) is 0 Å². The molecule has 2 nitrogen and oxygen atoms in total. The van der Waals surface area contributed by atoms with Crippen LogP contribution in [-0.4, -0.2) is 17.3 Å². The molecule has 0 heterocycles. The lowest BCUT2D eigenvalue weighted by Crippen LogP contribution is -2.39. The summed E-state index contributed by atoms with van der Waals surface area (Å²) < 4.78 is 0. The predicted octanol–water partition coefficient (Wildman–Crippen LogP) is 3.52. The van der Waals surface area contributed by atoms with Gasteiger partial charge in [0.15, 0.2) is 0 Å². The maximum Gasteiger partial charge on any atom is 0.0771 e. The second-order valence-electron chi connectivity index (χ2n) is 6.77. The van der Waals surface area contributed by atoms with E-state index in [0.29, 0.717) is 6.04 Å². The quantitative estimate of drug-likeness (QED) is 0.879. The first-order chi connectivity index (χ1) is 9.66. The van der Waals surface area contributed by atoms with Crippen molar-refractivity contribution in [2.75, 3.05) is 6.54 Å². The molecule has 0 amide bonds. The van der Waals surface area contributed by atoms with Gasteiger partial charge in [0, 0.05) is 12.6 Å². The van der Waals surface area contributed by atoms with Gasteiger partial charge in [-0.15, -0.1) is 0 Å². The third-order valence-electron chi connectivity index (χ3n) is 5.14. The van der Waals surface area contributed by atoms with Crippen LogP contribution in [0.2, 0.25) is 0 Å². The zero-order valence-electron chi connectivity index (χ0n) is 12.6. The third kappa shape index (κ3) is 3.07. The van der Waals surface area contributed by atoms with Gasteiger partial charge in [0.05, 0.1) is 5.60 Å². The zero-order valence-corrected chi connectivity index (χ0v) is 12.6. The fourth-order valence-electron chi connectivity index (χ4n) is 3.69. The predicted molar refractivity (Wildman–Crippen MR) is 82.9 cm³/mol. The van der Waals surface area contributed by atoms with Crippen molar-refractivity contribution in [1.82, 2.24) is 5.32 Å². The van der Waals surface area contributed by atoms with Gasteiger partial charge in [-0.05, 0) is 62.1 Å². The summed E-state index contributed by atoms with van der Waals surface area (Å²) in [6, 6.07) is 7.28. The standard InChI is InChI=1S/C18H27NO/c1-14(19-13-18(20)10-4-5-11-18)16-9-8-15-6-2-3-7-17(15)12-16/h8-9,12,14,19-20H,2-7,10-11,13H2,1H3. The largest absolute Gasteiger partial charge is 0.389 e. The number of rotatable bonds is 4. The molecule has 1 aromatic carbocycles. The van der Waals surface area contributed by atoms with Crippen LogP contribution < -0.4 is 5.32 Å². The van der Waals surface area contributed by atoms with Gasteiger partial charge in [-0.2, -0.15) is 0 Å². The summed E-state index contributed by atoms with van der Waals surface area (Å²) in [7, 11) is 0. The van der Waals surface area contributed by atoms with E-state index in [1.807, 2.05) is 0 Å². The SMILES string of the molecule is CC(NCC1(O)CCCC1)c1ccc2c(c1)CCCC2. The minimum atomic E-state index is -0.456. The lowest BCUT2D eigenvalue weighted by molar-refractivity contribution is 0.0453. The van der Waals surface area contributed by atoms with Gasteiger partial charge in [-0.3, -0.25) is 0 Å². The summed E-state index contributed by atoms with van der Waals surface area (Å²) in [4.78, 5) is 0. The smallest absolute Gasteiger partial charge is 0.0771 e. The molecule has 1 unspecified atom stereocenters. The van der Waals surface area contributed by atoms with Crippen molar-refractivity contribution in [3.05, 3.63) is 34.9 Å². The van der Waals surface area contributed by atoms with Crippen LogP contribution in [0.15, 0.2) is 18.2 Å². The molecule has 2 aliphatic rings. The van der Waals surface area contributed by atoms with Gasteiger partial charge in [-0.25, -0.2) is 0 Å². The van der Waals surface area contributed by atoms with Gasteiger partial charge in [0.2, 0.25) is 0 Å². The minimum Gasteiger partial charge on any atom is -0.389 e. The normalized spacial score (nSPS) is 22.5. The highest BCUT2D eigenvalue weighted by molar-refractivity contribution is 5.35. The third-order valence-corrected chi connectivity index (χ3v) is 5.14. The van der Waals surface area contributed by atoms with E-state index in [9.17, 15) is 5.11 Å². The Morgan fingerprint density at radius 2 is 1.80 bits per heavy atom. The Morgan fingerprint density at radius 3 is 2.55 bits per heavy atom. The molecular weight excluding hydrogens is 246 g/mol. The molecule has 2 aliphatic carbocycles. The summed E-state index contributed by atoms with van der Waals surface area (Å²) in [5, 5.41) is 14.0. The maximum atomic E-state index is 10.4. The fraction of sp³-hybridized carbons (Fsp3) is 0.667. The van der Waals surface area contributed by atoms with Crippen LogP contribution in [0.5, 0.6) is 0 Å². The maximum absolute atomic E-state index is 10.4. The molecule has 0 bridgehead atoms. The lowest BCUT2D eigenvalue weighted by atomic mass is 9.89. The Hall–Kier alpha value is -0.860. The Kier molecular flexibility index (Phi) is 4.13. The van der Waals surface area contributed by atoms with E-state index in [0.717, 1.165) is 19.4 Å². The van der Waals surface area contributed by atoms with E-state index in [-0.39, 0.29) is 0 Å². The van der Waals surface area contributed by atoms with Gasteiger partial charge in [0.25, 0.3) is 0 Å². The van der Waals surface area contributed by atoms with Crippen molar-refractivity contribution in [2.45, 2.75) is 69.9 Å². The van der Waals surface area contributed by atoms with Gasteiger partial charge < -0.3 is 10.4 Å². The molecule has 3 rings (SSSR count). The lowest BCUT2D eigenvalue weighted by Gasteiger charge is -2.26. The highest BCUT2D eigenvalue weighted by Gasteiger charge is 2.31. The highest BCUT2D eigenvalue weighted by Crippen LogP contribution is 2.30.